The van der Waals surface area contributed by atoms with Crippen LogP contribution in [-0.4, -0.2) is 10.9 Å². The van der Waals surface area contributed by atoms with E-state index in [9.17, 15) is 13.6 Å². The van der Waals surface area contributed by atoms with Crippen molar-refractivity contribution in [3.63, 3.8) is 0 Å². The van der Waals surface area contributed by atoms with Crippen LogP contribution >= 0.6 is 11.6 Å². The van der Waals surface area contributed by atoms with Crippen molar-refractivity contribution >= 4 is 29.0 Å². The molecule has 0 bridgehead atoms. The van der Waals surface area contributed by atoms with E-state index in [1.807, 2.05) is 18.2 Å². The third-order valence-corrected chi connectivity index (χ3v) is 3.99. The number of benzene rings is 2. The van der Waals surface area contributed by atoms with Gasteiger partial charge in [-0.2, -0.15) is 0 Å². The Bertz CT molecular complexity index is 932. The molecule has 0 saturated carbocycles. The Morgan fingerprint density at radius 2 is 1.88 bits per heavy atom. The summed E-state index contributed by atoms with van der Waals surface area (Å²) in [4.78, 5) is 16.3. The molecule has 1 aromatic heterocycles. The van der Waals surface area contributed by atoms with E-state index in [0.717, 1.165) is 17.7 Å². The lowest BCUT2D eigenvalue weighted by Gasteiger charge is -2.09. The Morgan fingerprint density at radius 3 is 2.58 bits per heavy atom. The van der Waals surface area contributed by atoms with Crippen LogP contribution in [0.3, 0.4) is 0 Å². The van der Waals surface area contributed by atoms with Crippen LogP contribution in [-0.2, 0) is 6.54 Å². The predicted octanol–water partition coefficient (Wildman–Crippen LogP) is 4.88. The Labute approximate surface area is 153 Å². The van der Waals surface area contributed by atoms with Crippen molar-refractivity contribution in [3.05, 3.63) is 88.6 Å². The fourth-order valence-electron chi connectivity index (χ4n) is 2.25. The number of carbonyl (C=O) groups excluding carboxylic acids is 1. The average molecular weight is 374 g/mol. The van der Waals surface area contributed by atoms with Gasteiger partial charge in [0.2, 0.25) is 0 Å². The van der Waals surface area contributed by atoms with Crippen molar-refractivity contribution in [2.24, 2.45) is 0 Å². The molecule has 3 aromatic rings. The van der Waals surface area contributed by atoms with Gasteiger partial charge >= 0.3 is 0 Å². The molecule has 7 heteroatoms. The zero-order chi connectivity index (χ0) is 18.5. The zero-order valence-corrected chi connectivity index (χ0v) is 14.2. The number of nitrogens with one attached hydrogen (secondary N) is 2. The van der Waals surface area contributed by atoms with Crippen LogP contribution in [0.2, 0.25) is 5.02 Å². The summed E-state index contributed by atoms with van der Waals surface area (Å²) in [6.07, 6.45) is 1.37. The second-order valence-electron chi connectivity index (χ2n) is 5.46. The van der Waals surface area contributed by atoms with Gasteiger partial charge in [0, 0.05) is 23.8 Å². The molecule has 0 aliphatic heterocycles. The lowest BCUT2D eigenvalue weighted by atomic mass is 10.2. The third kappa shape index (κ3) is 4.34. The van der Waals surface area contributed by atoms with Gasteiger partial charge in [-0.3, -0.25) is 4.79 Å². The molecule has 0 unspecified atom stereocenters. The van der Waals surface area contributed by atoms with Crippen molar-refractivity contribution < 1.29 is 13.6 Å². The fraction of sp³-hybridized carbons (Fsp3) is 0.0526. The Morgan fingerprint density at radius 1 is 1.08 bits per heavy atom. The highest BCUT2D eigenvalue weighted by Crippen LogP contribution is 2.18. The van der Waals surface area contributed by atoms with Gasteiger partial charge in [0.25, 0.3) is 5.91 Å². The quantitative estimate of drug-likeness (QED) is 0.670. The Hall–Kier alpha value is -2.99. The van der Waals surface area contributed by atoms with E-state index in [1.165, 1.54) is 6.20 Å². The first-order chi connectivity index (χ1) is 12.5. The molecule has 2 aromatic carbocycles. The summed E-state index contributed by atoms with van der Waals surface area (Å²) < 4.78 is 26.5. The smallest absolute Gasteiger partial charge is 0.257 e. The summed E-state index contributed by atoms with van der Waals surface area (Å²) in [5.74, 6) is -1.53. The number of amides is 1. The molecule has 0 aliphatic carbocycles. The van der Waals surface area contributed by atoms with Gasteiger partial charge < -0.3 is 10.6 Å². The van der Waals surface area contributed by atoms with E-state index in [4.69, 9.17) is 11.6 Å². The normalized spacial score (nSPS) is 10.4. The minimum atomic E-state index is -0.843. The first kappa shape index (κ1) is 17.8. The lowest BCUT2D eigenvalue weighted by molar-refractivity contribution is 0.102. The molecule has 0 aliphatic rings. The molecule has 0 spiro atoms. The molecule has 132 valence electrons. The molecule has 3 rings (SSSR count). The molecule has 0 radical (unpaired) electrons. The van der Waals surface area contributed by atoms with E-state index >= 15 is 0 Å². The van der Waals surface area contributed by atoms with Crippen molar-refractivity contribution in [3.8, 4) is 0 Å². The first-order valence-corrected chi connectivity index (χ1v) is 8.10. The second-order valence-corrected chi connectivity index (χ2v) is 5.86. The summed E-state index contributed by atoms with van der Waals surface area (Å²) in [7, 11) is 0. The van der Waals surface area contributed by atoms with E-state index in [2.05, 4.69) is 15.6 Å². The maximum Gasteiger partial charge on any atom is 0.257 e. The molecular formula is C19H14ClF2N3O. The van der Waals surface area contributed by atoms with Gasteiger partial charge in [-0.15, -0.1) is 0 Å². The molecule has 2 N–H and O–H groups in total. The summed E-state index contributed by atoms with van der Waals surface area (Å²) in [6, 6.07) is 13.6. The summed E-state index contributed by atoms with van der Waals surface area (Å²) in [5, 5.41) is 6.13. The Balaban J connectivity index is 1.63. The number of aromatic nitrogens is 1. The largest absolute Gasteiger partial charge is 0.366 e. The molecule has 1 heterocycles. The van der Waals surface area contributed by atoms with Gasteiger partial charge in [-0.1, -0.05) is 29.8 Å². The minimum absolute atomic E-state index is 0.0997. The number of hydrogen-bond donors (Lipinski definition) is 2. The van der Waals surface area contributed by atoms with Gasteiger partial charge in [0.05, 0.1) is 11.3 Å². The number of anilines is 2. The van der Waals surface area contributed by atoms with Crippen LogP contribution < -0.4 is 10.6 Å². The molecular weight excluding hydrogens is 360 g/mol. The number of halogens is 3. The monoisotopic (exact) mass is 373 g/mol. The molecule has 0 atom stereocenters. The zero-order valence-electron chi connectivity index (χ0n) is 13.5. The van der Waals surface area contributed by atoms with Gasteiger partial charge in [-0.05, 0) is 35.9 Å². The van der Waals surface area contributed by atoms with E-state index < -0.39 is 17.5 Å². The van der Waals surface area contributed by atoms with Crippen LogP contribution in [0.1, 0.15) is 15.9 Å². The number of rotatable bonds is 5. The molecule has 1 amide bonds. The first-order valence-electron chi connectivity index (χ1n) is 7.72. The van der Waals surface area contributed by atoms with Crippen molar-refractivity contribution in [2.45, 2.75) is 6.54 Å². The average Bonchev–Trinajstić information content (AvgIpc) is 2.64. The van der Waals surface area contributed by atoms with Crippen molar-refractivity contribution in [1.82, 2.24) is 4.98 Å². The topological polar surface area (TPSA) is 54.0 Å². The van der Waals surface area contributed by atoms with Crippen molar-refractivity contribution in [1.29, 1.82) is 0 Å². The van der Waals surface area contributed by atoms with Crippen molar-refractivity contribution in [2.75, 3.05) is 10.6 Å². The van der Waals surface area contributed by atoms with Crippen LogP contribution in [0, 0.1) is 11.6 Å². The highest BCUT2D eigenvalue weighted by Gasteiger charge is 2.10. The molecule has 0 fully saturated rings. The van der Waals surface area contributed by atoms with Crippen LogP contribution in [0.5, 0.6) is 0 Å². The van der Waals surface area contributed by atoms with Gasteiger partial charge in [-0.25, -0.2) is 13.8 Å². The minimum Gasteiger partial charge on any atom is -0.366 e. The van der Waals surface area contributed by atoms with Gasteiger partial charge in [0.15, 0.2) is 0 Å². The van der Waals surface area contributed by atoms with Gasteiger partial charge in [0.1, 0.15) is 17.5 Å². The summed E-state index contributed by atoms with van der Waals surface area (Å²) >= 11 is 6.09. The van der Waals surface area contributed by atoms with E-state index in [1.54, 1.807) is 18.2 Å². The molecule has 26 heavy (non-hydrogen) atoms. The summed E-state index contributed by atoms with van der Waals surface area (Å²) in [5.41, 5.74) is 1.07. The predicted molar refractivity (Wildman–Crippen MR) is 97.3 cm³/mol. The Kier molecular flexibility index (Phi) is 5.43. The third-order valence-electron chi connectivity index (χ3n) is 3.62. The van der Waals surface area contributed by atoms with Crippen LogP contribution in [0.4, 0.5) is 20.3 Å². The number of pyridine rings is 1. The van der Waals surface area contributed by atoms with E-state index in [-0.39, 0.29) is 11.3 Å². The maximum absolute atomic E-state index is 13.6. The number of carbonyl (C=O) groups is 1. The van der Waals surface area contributed by atoms with Crippen LogP contribution in [0.15, 0.2) is 60.8 Å². The summed E-state index contributed by atoms with van der Waals surface area (Å²) in [6.45, 7) is 0.485. The molecule has 0 saturated heterocycles. The highest BCUT2D eigenvalue weighted by atomic mass is 35.5. The lowest BCUT2D eigenvalue weighted by Crippen LogP contribution is -2.13. The highest BCUT2D eigenvalue weighted by molar-refractivity contribution is 6.31. The van der Waals surface area contributed by atoms with Crippen LogP contribution in [0.25, 0.3) is 0 Å². The second kappa shape index (κ2) is 7.93. The maximum atomic E-state index is 13.6. The van der Waals surface area contributed by atoms with E-state index in [0.29, 0.717) is 23.5 Å². The SMILES string of the molecule is O=C(Nc1ccc(F)cc1F)c1ccc(NCc2ccccc2Cl)nc1. The number of hydrogen-bond acceptors (Lipinski definition) is 3. The molecule has 4 nitrogen and oxygen atoms in total. The standard InChI is InChI=1S/C19H14ClF2N3O/c20-15-4-2-1-3-12(15)10-23-18-8-5-13(11-24-18)19(26)25-17-7-6-14(21)9-16(17)22/h1-9,11H,10H2,(H,23,24)(H,25,26). The number of nitrogens with zero attached hydrogens (tertiary/aromatic N) is 1. The fourth-order valence-corrected chi connectivity index (χ4v) is 2.45.